The molecule has 0 spiro atoms. The molecule has 0 bridgehead atoms. The lowest BCUT2D eigenvalue weighted by Gasteiger charge is -2.23. The van der Waals surface area contributed by atoms with E-state index in [1.165, 1.54) is 12.1 Å². The summed E-state index contributed by atoms with van der Waals surface area (Å²) in [6.45, 7) is 1.43. The topological polar surface area (TPSA) is 56.4 Å². The number of alkyl halides is 3. The van der Waals surface area contributed by atoms with Gasteiger partial charge in [0.1, 0.15) is 5.84 Å². The molecule has 0 radical (unpaired) electrons. The Labute approximate surface area is 116 Å². The van der Waals surface area contributed by atoms with Crippen molar-refractivity contribution in [3.63, 3.8) is 0 Å². The van der Waals surface area contributed by atoms with Crippen molar-refractivity contribution in [3.05, 3.63) is 29.3 Å². The van der Waals surface area contributed by atoms with E-state index >= 15 is 0 Å². The maximum Gasteiger partial charge on any atom is 0.417 e. The lowest BCUT2D eigenvalue weighted by atomic mass is 10.0. The van der Waals surface area contributed by atoms with Gasteiger partial charge in [-0.05, 0) is 32.3 Å². The summed E-state index contributed by atoms with van der Waals surface area (Å²) in [6, 6.07) is 3.67. The molecule has 1 aromatic carbocycles. The third kappa shape index (κ3) is 4.12. The van der Waals surface area contributed by atoms with Crippen LogP contribution in [0, 0.1) is 5.41 Å². The van der Waals surface area contributed by atoms with Crippen molar-refractivity contribution in [2.45, 2.75) is 6.18 Å². The predicted octanol–water partition coefficient (Wildman–Crippen LogP) is 1.99. The Balaban J connectivity index is 3.08. The van der Waals surface area contributed by atoms with Gasteiger partial charge in [-0.2, -0.15) is 13.2 Å². The van der Waals surface area contributed by atoms with Gasteiger partial charge in [0.25, 0.3) is 0 Å². The summed E-state index contributed by atoms with van der Waals surface area (Å²) in [4.78, 5) is 3.80. The van der Waals surface area contributed by atoms with Crippen LogP contribution in [0.4, 0.5) is 18.9 Å². The fourth-order valence-electron chi connectivity index (χ4n) is 1.72. The zero-order chi connectivity index (χ0) is 15.5. The van der Waals surface area contributed by atoms with Gasteiger partial charge in [0.15, 0.2) is 0 Å². The zero-order valence-electron chi connectivity index (χ0n) is 11.8. The molecule has 20 heavy (non-hydrogen) atoms. The molecule has 7 heteroatoms. The molecule has 0 fully saturated rings. The summed E-state index contributed by atoms with van der Waals surface area (Å²) in [5, 5.41) is 7.32. The Kier molecular flexibility index (Phi) is 4.99. The molecule has 1 rings (SSSR count). The molecule has 4 nitrogen and oxygen atoms in total. The van der Waals surface area contributed by atoms with E-state index in [-0.39, 0.29) is 5.56 Å². The fraction of sp³-hybridized carbons (Fsp3) is 0.462. The molecular weight excluding hydrogens is 269 g/mol. The second-order valence-corrected chi connectivity index (χ2v) is 4.87. The van der Waals surface area contributed by atoms with E-state index in [1.54, 1.807) is 7.05 Å². The number of anilines is 1. The second kappa shape index (κ2) is 6.13. The van der Waals surface area contributed by atoms with Crippen molar-refractivity contribution in [1.82, 2.24) is 4.90 Å². The molecule has 0 heterocycles. The minimum absolute atomic E-state index is 0.285. The van der Waals surface area contributed by atoms with E-state index in [4.69, 9.17) is 11.1 Å². The smallest absolute Gasteiger partial charge is 0.384 e. The highest BCUT2D eigenvalue weighted by Gasteiger charge is 2.34. The van der Waals surface area contributed by atoms with Crippen LogP contribution in [0.15, 0.2) is 18.2 Å². The summed E-state index contributed by atoms with van der Waals surface area (Å²) in [6.07, 6.45) is -4.51. The van der Waals surface area contributed by atoms with Gasteiger partial charge in [0.2, 0.25) is 0 Å². The normalized spacial score (nSPS) is 11.8. The van der Waals surface area contributed by atoms with E-state index in [2.05, 4.69) is 0 Å². The number of hydrogen-bond donors (Lipinski definition) is 2. The number of hydrogen-bond acceptors (Lipinski definition) is 3. The van der Waals surface area contributed by atoms with Crippen molar-refractivity contribution >= 4 is 11.5 Å². The van der Waals surface area contributed by atoms with Gasteiger partial charge in [-0.15, -0.1) is 0 Å². The van der Waals surface area contributed by atoms with E-state index < -0.39 is 17.6 Å². The minimum atomic E-state index is -4.51. The van der Waals surface area contributed by atoms with Gasteiger partial charge in [0, 0.05) is 31.4 Å². The minimum Gasteiger partial charge on any atom is -0.384 e. The molecule has 0 saturated heterocycles. The first-order valence-electron chi connectivity index (χ1n) is 6.04. The average Bonchev–Trinajstić information content (AvgIpc) is 2.33. The zero-order valence-corrected chi connectivity index (χ0v) is 11.8. The number of likely N-dealkylation sites (N-methyl/N-ethyl adjacent to an activating group) is 2. The molecule has 0 aliphatic heterocycles. The van der Waals surface area contributed by atoms with Crippen LogP contribution in [0.2, 0.25) is 0 Å². The number of amidine groups is 1. The number of nitrogens with zero attached hydrogens (tertiary/aromatic N) is 2. The molecule has 0 aromatic heterocycles. The van der Waals surface area contributed by atoms with Gasteiger partial charge in [-0.1, -0.05) is 0 Å². The summed E-state index contributed by atoms with van der Waals surface area (Å²) in [7, 11) is 5.62. The first-order valence-corrected chi connectivity index (χ1v) is 6.04. The molecule has 0 aliphatic rings. The number of nitrogens with one attached hydrogen (secondary N) is 1. The van der Waals surface area contributed by atoms with Crippen LogP contribution >= 0.6 is 0 Å². The van der Waals surface area contributed by atoms with Crippen molar-refractivity contribution < 1.29 is 13.2 Å². The quantitative estimate of drug-likeness (QED) is 0.643. The standard InChI is InChI=1S/C13H19F3N4/c1-19(2)6-7-20(3)9-4-5-11(13(14,15)16)10(8-9)12(17)18/h4-5,8H,6-7H2,1-3H3,(H3,17,18). The molecule has 0 saturated carbocycles. The highest BCUT2D eigenvalue weighted by atomic mass is 19.4. The van der Waals surface area contributed by atoms with Crippen molar-refractivity contribution in [2.75, 3.05) is 39.1 Å². The summed E-state index contributed by atoms with van der Waals surface area (Å²) >= 11 is 0. The van der Waals surface area contributed by atoms with E-state index in [9.17, 15) is 13.2 Å². The Morgan fingerprint density at radius 3 is 2.25 bits per heavy atom. The highest BCUT2D eigenvalue weighted by molar-refractivity contribution is 5.97. The lowest BCUT2D eigenvalue weighted by Crippen LogP contribution is -2.29. The van der Waals surface area contributed by atoms with E-state index in [0.29, 0.717) is 12.2 Å². The maximum atomic E-state index is 12.8. The Morgan fingerprint density at radius 2 is 1.80 bits per heavy atom. The number of nitrogen functional groups attached to an aromatic ring is 1. The van der Waals surface area contributed by atoms with Gasteiger partial charge in [-0.25, -0.2) is 0 Å². The summed E-state index contributed by atoms with van der Waals surface area (Å²) in [5.41, 5.74) is 4.70. The molecule has 0 unspecified atom stereocenters. The molecule has 0 aliphatic carbocycles. The average molecular weight is 288 g/mol. The number of halogens is 3. The van der Waals surface area contributed by atoms with Crippen LogP contribution in [-0.2, 0) is 6.18 Å². The van der Waals surface area contributed by atoms with Crippen molar-refractivity contribution in [3.8, 4) is 0 Å². The van der Waals surface area contributed by atoms with Crippen LogP contribution in [-0.4, -0.2) is 45.0 Å². The third-order valence-corrected chi connectivity index (χ3v) is 2.92. The van der Waals surface area contributed by atoms with Crippen LogP contribution in [0.25, 0.3) is 0 Å². The largest absolute Gasteiger partial charge is 0.417 e. The lowest BCUT2D eigenvalue weighted by molar-refractivity contribution is -0.137. The van der Waals surface area contributed by atoms with Crippen LogP contribution in [0.3, 0.4) is 0 Å². The number of rotatable bonds is 5. The highest BCUT2D eigenvalue weighted by Crippen LogP contribution is 2.33. The summed E-state index contributed by atoms with van der Waals surface area (Å²) < 4.78 is 38.5. The Bertz CT molecular complexity index is 483. The van der Waals surface area contributed by atoms with Crippen LogP contribution < -0.4 is 10.6 Å². The molecule has 112 valence electrons. The maximum absolute atomic E-state index is 12.8. The Hall–Kier alpha value is -1.76. The van der Waals surface area contributed by atoms with Gasteiger partial charge in [-0.3, -0.25) is 5.41 Å². The van der Waals surface area contributed by atoms with Gasteiger partial charge < -0.3 is 15.5 Å². The molecule has 3 N–H and O–H groups in total. The predicted molar refractivity (Wildman–Crippen MR) is 74.3 cm³/mol. The molecule has 1 aromatic rings. The first kappa shape index (κ1) is 16.3. The van der Waals surface area contributed by atoms with Crippen molar-refractivity contribution in [2.24, 2.45) is 5.73 Å². The van der Waals surface area contributed by atoms with Crippen LogP contribution in [0.5, 0.6) is 0 Å². The number of benzene rings is 1. The number of nitrogens with two attached hydrogens (primary N) is 1. The molecule has 0 atom stereocenters. The van der Waals surface area contributed by atoms with Gasteiger partial charge in [0.05, 0.1) is 5.56 Å². The SMILES string of the molecule is CN(C)CCN(C)c1ccc(C(F)(F)F)c(C(=N)N)c1. The van der Waals surface area contributed by atoms with E-state index in [1.807, 2.05) is 23.9 Å². The Morgan fingerprint density at radius 1 is 1.20 bits per heavy atom. The monoisotopic (exact) mass is 288 g/mol. The third-order valence-electron chi connectivity index (χ3n) is 2.92. The molecule has 0 amide bonds. The van der Waals surface area contributed by atoms with Crippen LogP contribution in [0.1, 0.15) is 11.1 Å². The van der Waals surface area contributed by atoms with Gasteiger partial charge >= 0.3 is 6.18 Å². The van der Waals surface area contributed by atoms with E-state index in [0.717, 1.165) is 12.6 Å². The molecular formula is C13H19F3N4. The first-order chi connectivity index (χ1) is 9.12. The second-order valence-electron chi connectivity index (χ2n) is 4.87. The fourth-order valence-corrected chi connectivity index (χ4v) is 1.72. The van der Waals surface area contributed by atoms with Crippen molar-refractivity contribution in [1.29, 1.82) is 5.41 Å². The summed E-state index contributed by atoms with van der Waals surface area (Å²) in [5.74, 6) is -0.583.